The molecule has 1 aliphatic rings. The first-order chi connectivity index (χ1) is 8.07. The maximum absolute atomic E-state index is 11.8. The molecule has 0 unspecified atom stereocenters. The fraction of sp³-hybridized carbons (Fsp3) is 0.500. The van der Waals surface area contributed by atoms with E-state index in [1.165, 1.54) is 19.3 Å². The summed E-state index contributed by atoms with van der Waals surface area (Å²) in [6.07, 6.45) is 4.24. The summed E-state index contributed by atoms with van der Waals surface area (Å²) in [5.74, 6) is 0.116. The molecule has 2 rings (SSSR count). The highest BCUT2D eigenvalue weighted by atomic mass is 32.1. The van der Waals surface area contributed by atoms with Crippen molar-refractivity contribution in [3.05, 3.63) is 29.8 Å². The number of carbonyl (C=O) groups excluding carboxylic acids is 1. The van der Waals surface area contributed by atoms with Crippen molar-refractivity contribution >= 4 is 18.5 Å². The first kappa shape index (κ1) is 12.5. The second kappa shape index (κ2) is 5.13. The first-order valence-corrected chi connectivity index (χ1v) is 6.57. The second-order valence-electron chi connectivity index (χ2n) is 5.28. The first-order valence-electron chi connectivity index (χ1n) is 6.12. The van der Waals surface area contributed by atoms with Crippen LogP contribution in [0.5, 0.6) is 0 Å². The number of amides is 1. The lowest BCUT2D eigenvalue weighted by Gasteiger charge is -2.38. The van der Waals surface area contributed by atoms with Crippen molar-refractivity contribution in [2.45, 2.75) is 37.5 Å². The fourth-order valence-corrected chi connectivity index (χ4v) is 2.28. The van der Waals surface area contributed by atoms with Crippen molar-refractivity contribution in [2.24, 2.45) is 5.41 Å². The van der Waals surface area contributed by atoms with Crippen LogP contribution in [-0.4, -0.2) is 12.5 Å². The predicted octanol–water partition coefficient (Wildman–Crippen LogP) is 2.82. The van der Waals surface area contributed by atoms with E-state index in [4.69, 9.17) is 0 Å². The summed E-state index contributed by atoms with van der Waals surface area (Å²) in [4.78, 5) is 12.7. The molecule has 1 amide bonds. The van der Waals surface area contributed by atoms with E-state index in [-0.39, 0.29) is 5.91 Å². The number of carbonyl (C=O) groups is 1. The lowest BCUT2D eigenvalue weighted by molar-refractivity contribution is -0.121. The predicted molar refractivity (Wildman–Crippen MR) is 72.4 cm³/mol. The number of benzene rings is 1. The van der Waals surface area contributed by atoms with Crippen LogP contribution < -0.4 is 5.32 Å². The second-order valence-corrected chi connectivity index (χ2v) is 5.80. The number of rotatable bonds is 4. The summed E-state index contributed by atoms with van der Waals surface area (Å²) in [7, 11) is 0. The normalized spacial score (nSPS) is 17.3. The smallest absolute Gasteiger partial charge is 0.224 e. The summed E-state index contributed by atoms with van der Waals surface area (Å²) in [5.41, 5.74) is 1.39. The van der Waals surface area contributed by atoms with Crippen LogP contribution in [0.1, 0.15) is 31.7 Å². The van der Waals surface area contributed by atoms with E-state index in [0.29, 0.717) is 11.8 Å². The monoisotopic (exact) mass is 249 g/mol. The molecule has 1 N–H and O–H groups in total. The molecule has 1 aliphatic carbocycles. The lowest BCUT2D eigenvalue weighted by atomic mass is 9.70. The van der Waals surface area contributed by atoms with Gasteiger partial charge in [0.05, 0.1) is 6.42 Å². The topological polar surface area (TPSA) is 29.1 Å². The summed E-state index contributed by atoms with van der Waals surface area (Å²) < 4.78 is 0. The lowest BCUT2D eigenvalue weighted by Crippen LogP contribution is -2.40. The van der Waals surface area contributed by atoms with Gasteiger partial charge in [0, 0.05) is 11.4 Å². The van der Waals surface area contributed by atoms with Crippen molar-refractivity contribution in [1.82, 2.24) is 5.32 Å². The molecule has 0 aromatic heterocycles. The van der Waals surface area contributed by atoms with Crippen molar-refractivity contribution in [3.63, 3.8) is 0 Å². The van der Waals surface area contributed by atoms with E-state index in [1.54, 1.807) is 0 Å². The van der Waals surface area contributed by atoms with Crippen molar-refractivity contribution in [3.8, 4) is 0 Å². The van der Waals surface area contributed by atoms with Crippen LogP contribution in [0.4, 0.5) is 0 Å². The van der Waals surface area contributed by atoms with Gasteiger partial charge < -0.3 is 5.32 Å². The molecule has 1 aromatic carbocycles. The van der Waals surface area contributed by atoms with Gasteiger partial charge in [0.15, 0.2) is 0 Å². The Morgan fingerprint density at radius 2 is 2.00 bits per heavy atom. The van der Waals surface area contributed by atoms with Crippen LogP contribution in [0, 0.1) is 5.41 Å². The molecule has 0 saturated heterocycles. The molecule has 0 atom stereocenters. The Morgan fingerprint density at radius 3 is 2.53 bits per heavy atom. The third-order valence-electron chi connectivity index (χ3n) is 3.57. The molecule has 0 heterocycles. The highest BCUT2D eigenvalue weighted by Crippen LogP contribution is 2.39. The number of hydrogen-bond donors (Lipinski definition) is 2. The zero-order valence-corrected chi connectivity index (χ0v) is 11.1. The fourth-order valence-electron chi connectivity index (χ4n) is 2.13. The molecule has 0 aliphatic heterocycles. The highest BCUT2D eigenvalue weighted by Gasteiger charge is 2.31. The minimum atomic E-state index is 0.116. The summed E-state index contributed by atoms with van der Waals surface area (Å²) in [6.45, 7) is 3.06. The minimum absolute atomic E-state index is 0.116. The van der Waals surface area contributed by atoms with E-state index < -0.39 is 0 Å². The molecule has 1 aromatic rings. The van der Waals surface area contributed by atoms with E-state index in [0.717, 1.165) is 17.0 Å². The van der Waals surface area contributed by atoms with Crippen molar-refractivity contribution in [2.75, 3.05) is 6.54 Å². The molecule has 1 saturated carbocycles. The van der Waals surface area contributed by atoms with Gasteiger partial charge >= 0.3 is 0 Å². The average molecular weight is 249 g/mol. The highest BCUT2D eigenvalue weighted by molar-refractivity contribution is 7.80. The van der Waals surface area contributed by atoms with E-state index >= 15 is 0 Å². The summed E-state index contributed by atoms with van der Waals surface area (Å²) >= 11 is 4.22. The Hall–Kier alpha value is -0.960. The molecular weight excluding hydrogens is 230 g/mol. The van der Waals surface area contributed by atoms with E-state index in [2.05, 4.69) is 24.9 Å². The number of nitrogens with one attached hydrogen (secondary N) is 1. The van der Waals surface area contributed by atoms with Crippen LogP contribution in [0.3, 0.4) is 0 Å². The van der Waals surface area contributed by atoms with Gasteiger partial charge in [-0.1, -0.05) is 25.5 Å². The average Bonchev–Trinajstić information content (AvgIpc) is 2.27. The molecule has 1 fully saturated rings. The SMILES string of the molecule is CC1(CNC(=O)Cc2ccc(S)cc2)CCC1. The van der Waals surface area contributed by atoms with Gasteiger partial charge in [-0.15, -0.1) is 12.6 Å². The molecule has 3 heteroatoms. The molecule has 17 heavy (non-hydrogen) atoms. The Labute approximate surface area is 108 Å². The quantitative estimate of drug-likeness (QED) is 0.789. The van der Waals surface area contributed by atoms with Gasteiger partial charge in [0.25, 0.3) is 0 Å². The Morgan fingerprint density at radius 1 is 1.35 bits per heavy atom. The van der Waals surface area contributed by atoms with Gasteiger partial charge in [-0.05, 0) is 36.0 Å². The zero-order chi connectivity index (χ0) is 12.3. The van der Waals surface area contributed by atoms with Gasteiger partial charge in [-0.25, -0.2) is 0 Å². The number of hydrogen-bond acceptors (Lipinski definition) is 2. The molecule has 2 nitrogen and oxygen atoms in total. The van der Waals surface area contributed by atoms with E-state index in [9.17, 15) is 4.79 Å². The van der Waals surface area contributed by atoms with Gasteiger partial charge in [0.2, 0.25) is 5.91 Å². The van der Waals surface area contributed by atoms with Crippen LogP contribution >= 0.6 is 12.6 Å². The molecule has 0 radical (unpaired) electrons. The third kappa shape index (κ3) is 3.50. The molecule has 0 bridgehead atoms. The van der Waals surface area contributed by atoms with Crippen molar-refractivity contribution < 1.29 is 4.79 Å². The van der Waals surface area contributed by atoms with Crippen LogP contribution in [0.15, 0.2) is 29.2 Å². The maximum atomic E-state index is 11.8. The van der Waals surface area contributed by atoms with Gasteiger partial charge in [-0.2, -0.15) is 0 Å². The van der Waals surface area contributed by atoms with Crippen LogP contribution in [0.25, 0.3) is 0 Å². The molecule has 92 valence electrons. The Balaban J connectivity index is 1.79. The molecular formula is C14H19NOS. The van der Waals surface area contributed by atoms with Gasteiger partial charge in [0.1, 0.15) is 0 Å². The largest absolute Gasteiger partial charge is 0.355 e. The minimum Gasteiger partial charge on any atom is -0.355 e. The standard InChI is InChI=1S/C14H19NOS/c1-14(7-2-8-14)10-15-13(16)9-11-3-5-12(17)6-4-11/h3-6,17H,2,7-10H2,1H3,(H,15,16). The zero-order valence-electron chi connectivity index (χ0n) is 10.2. The van der Waals surface area contributed by atoms with E-state index in [1.807, 2.05) is 24.3 Å². The Bertz CT molecular complexity index is 395. The number of thiol groups is 1. The van der Waals surface area contributed by atoms with Gasteiger partial charge in [-0.3, -0.25) is 4.79 Å². The van der Waals surface area contributed by atoms with Crippen molar-refractivity contribution in [1.29, 1.82) is 0 Å². The third-order valence-corrected chi connectivity index (χ3v) is 3.87. The summed E-state index contributed by atoms with van der Waals surface area (Å²) in [5, 5.41) is 3.03. The van der Waals surface area contributed by atoms with Crippen LogP contribution in [0.2, 0.25) is 0 Å². The Kier molecular flexibility index (Phi) is 3.77. The summed E-state index contributed by atoms with van der Waals surface area (Å²) in [6, 6.07) is 7.73. The maximum Gasteiger partial charge on any atom is 0.224 e. The van der Waals surface area contributed by atoms with Crippen LogP contribution in [-0.2, 0) is 11.2 Å². The molecule has 0 spiro atoms.